The molecule has 0 radical (unpaired) electrons. The lowest BCUT2D eigenvalue weighted by molar-refractivity contribution is 0.129. The second kappa shape index (κ2) is 6.71. The van der Waals surface area contributed by atoms with Crippen molar-refractivity contribution in [2.75, 3.05) is 4.90 Å². The van der Waals surface area contributed by atoms with Gasteiger partial charge in [0.2, 0.25) is 0 Å². The number of carbonyl (C=O) groups is 1. The molecule has 2 unspecified atom stereocenters. The van der Waals surface area contributed by atoms with Crippen LogP contribution in [0, 0.1) is 11.3 Å². The maximum Gasteiger partial charge on any atom is 0.415 e. The summed E-state index contributed by atoms with van der Waals surface area (Å²) in [6.07, 6.45) is 5.05. The first-order valence-electron chi connectivity index (χ1n) is 9.55. The summed E-state index contributed by atoms with van der Waals surface area (Å²) in [6.45, 7) is 2.04. The third-order valence-corrected chi connectivity index (χ3v) is 5.50. The fourth-order valence-corrected chi connectivity index (χ4v) is 4.08. The molecule has 2 aliphatic rings. The zero-order valence-electron chi connectivity index (χ0n) is 15.8. The lowest BCUT2D eigenvalue weighted by atomic mass is 10.0. The summed E-state index contributed by atoms with van der Waals surface area (Å²) in [5, 5.41) is 16.7. The average Bonchev–Trinajstić information content (AvgIpc) is 3.43. The van der Waals surface area contributed by atoms with E-state index in [-0.39, 0.29) is 24.7 Å². The topological polar surface area (TPSA) is 96.9 Å². The Hall–Kier alpha value is -3.73. The minimum atomic E-state index is -0.247. The zero-order valence-corrected chi connectivity index (χ0v) is 15.8. The van der Waals surface area contributed by atoms with Gasteiger partial charge >= 0.3 is 6.09 Å². The van der Waals surface area contributed by atoms with Gasteiger partial charge in [0.25, 0.3) is 0 Å². The van der Waals surface area contributed by atoms with Crippen molar-refractivity contribution in [3.05, 3.63) is 54.0 Å². The van der Waals surface area contributed by atoms with Gasteiger partial charge in [-0.15, -0.1) is 5.10 Å². The number of anilines is 1. The van der Waals surface area contributed by atoms with E-state index >= 15 is 0 Å². The molecule has 1 fully saturated rings. The van der Waals surface area contributed by atoms with Gasteiger partial charge in [-0.05, 0) is 48.2 Å². The zero-order chi connectivity index (χ0) is 20.0. The highest BCUT2D eigenvalue weighted by Gasteiger charge is 2.46. The van der Waals surface area contributed by atoms with Crippen LogP contribution in [0.3, 0.4) is 0 Å². The van der Waals surface area contributed by atoms with E-state index in [2.05, 4.69) is 27.4 Å². The lowest BCUT2D eigenvalue weighted by Crippen LogP contribution is -2.32. The minimum Gasteiger partial charge on any atom is -0.444 e. The Kier molecular flexibility index (Phi) is 4.02. The summed E-state index contributed by atoms with van der Waals surface area (Å²) in [7, 11) is 0. The SMILES string of the molecule is CCC1OC(=O)N2c3ccc(-c4ccc(-n5cc(CC#N)nn5)nc4)cc3CC12. The molecule has 0 saturated carbocycles. The standard InChI is InChI=1S/C21H18N6O2/c1-2-19-18-10-15-9-13(3-5-17(15)27(18)21(28)29-19)14-4-6-20(23-11-14)26-12-16(7-8-22)24-25-26/h3-6,9,11-12,18-19H,2,7,10H2,1H3. The first kappa shape index (κ1) is 17.4. The molecular formula is C21H18N6O2. The van der Waals surface area contributed by atoms with Crippen LogP contribution in [0.1, 0.15) is 24.6 Å². The Balaban J connectivity index is 1.41. The Morgan fingerprint density at radius 2 is 2.14 bits per heavy atom. The van der Waals surface area contributed by atoms with Crippen LogP contribution in [0.5, 0.6) is 0 Å². The van der Waals surface area contributed by atoms with Gasteiger partial charge < -0.3 is 4.74 Å². The first-order valence-corrected chi connectivity index (χ1v) is 9.55. The van der Waals surface area contributed by atoms with Crippen molar-refractivity contribution in [2.45, 2.75) is 38.3 Å². The highest BCUT2D eigenvalue weighted by Crippen LogP contribution is 2.41. The molecule has 2 aromatic heterocycles. The van der Waals surface area contributed by atoms with Crippen molar-refractivity contribution in [3.8, 4) is 23.0 Å². The molecule has 5 rings (SSSR count). The van der Waals surface area contributed by atoms with Gasteiger partial charge in [0.05, 0.1) is 36.1 Å². The molecule has 1 aromatic carbocycles. The van der Waals surface area contributed by atoms with E-state index in [0.717, 1.165) is 35.2 Å². The summed E-state index contributed by atoms with van der Waals surface area (Å²) in [4.78, 5) is 18.5. The van der Waals surface area contributed by atoms with Crippen molar-refractivity contribution >= 4 is 11.8 Å². The smallest absolute Gasteiger partial charge is 0.415 e. The number of aromatic nitrogens is 4. The number of amides is 1. The molecule has 144 valence electrons. The monoisotopic (exact) mass is 386 g/mol. The maximum atomic E-state index is 12.2. The molecule has 1 amide bonds. The molecule has 8 heteroatoms. The van der Waals surface area contributed by atoms with Crippen molar-refractivity contribution in [1.29, 1.82) is 5.26 Å². The molecule has 29 heavy (non-hydrogen) atoms. The van der Waals surface area contributed by atoms with Crippen LogP contribution in [-0.2, 0) is 17.6 Å². The quantitative estimate of drug-likeness (QED) is 0.684. The number of cyclic esters (lactones) is 1. The third kappa shape index (κ3) is 2.83. The number of ether oxygens (including phenoxy) is 1. The van der Waals surface area contributed by atoms with Gasteiger partial charge in [-0.2, -0.15) is 5.26 Å². The Labute approximate surface area is 167 Å². The van der Waals surface area contributed by atoms with E-state index in [4.69, 9.17) is 10.00 Å². The number of hydrogen-bond donors (Lipinski definition) is 0. The predicted molar refractivity (Wildman–Crippen MR) is 104 cm³/mol. The van der Waals surface area contributed by atoms with Crippen LogP contribution in [0.4, 0.5) is 10.5 Å². The van der Waals surface area contributed by atoms with Crippen LogP contribution < -0.4 is 4.90 Å². The number of benzene rings is 1. The number of nitrogens with zero attached hydrogens (tertiary/aromatic N) is 6. The van der Waals surface area contributed by atoms with Crippen LogP contribution >= 0.6 is 0 Å². The Bertz CT molecular complexity index is 1130. The van der Waals surface area contributed by atoms with E-state index in [1.54, 1.807) is 22.0 Å². The van der Waals surface area contributed by atoms with Crippen molar-refractivity contribution in [3.63, 3.8) is 0 Å². The minimum absolute atomic E-state index is 0.0482. The lowest BCUT2D eigenvalue weighted by Gasteiger charge is -2.15. The van der Waals surface area contributed by atoms with Crippen molar-refractivity contribution in [2.24, 2.45) is 0 Å². The fourth-order valence-electron chi connectivity index (χ4n) is 4.08. The molecule has 2 atom stereocenters. The first-order chi connectivity index (χ1) is 14.2. The summed E-state index contributed by atoms with van der Waals surface area (Å²) in [5.74, 6) is 0.640. The molecule has 4 heterocycles. The molecule has 0 aliphatic carbocycles. The fraction of sp³-hybridized carbons (Fsp3) is 0.286. The van der Waals surface area contributed by atoms with Crippen molar-refractivity contribution < 1.29 is 9.53 Å². The molecular weight excluding hydrogens is 368 g/mol. The molecule has 2 aliphatic heterocycles. The Morgan fingerprint density at radius 1 is 1.28 bits per heavy atom. The van der Waals surface area contributed by atoms with Crippen LogP contribution in [0.25, 0.3) is 16.9 Å². The summed E-state index contributed by atoms with van der Waals surface area (Å²) in [6, 6.07) is 12.1. The summed E-state index contributed by atoms with van der Waals surface area (Å²) < 4.78 is 7.03. The molecule has 3 aromatic rings. The number of fused-ring (bicyclic) bond motifs is 3. The van der Waals surface area contributed by atoms with Crippen molar-refractivity contribution in [1.82, 2.24) is 20.0 Å². The third-order valence-electron chi connectivity index (χ3n) is 5.50. The van der Waals surface area contributed by atoms with E-state index in [1.165, 1.54) is 0 Å². The van der Waals surface area contributed by atoms with Crippen LogP contribution in [0.2, 0.25) is 0 Å². The summed E-state index contributed by atoms with van der Waals surface area (Å²) in [5.41, 5.74) is 4.74. The van der Waals surface area contributed by atoms with Gasteiger partial charge in [-0.3, -0.25) is 4.90 Å². The second-order valence-corrected chi connectivity index (χ2v) is 7.21. The van der Waals surface area contributed by atoms with E-state index < -0.39 is 0 Å². The van der Waals surface area contributed by atoms with Crippen LogP contribution in [-0.4, -0.2) is 38.2 Å². The molecule has 0 spiro atoms. The molecule has 1 saturated heterocycles. The highest BCUT2D eigenvalue weighted by atomic mass is 16.6. The molecule has 0 N–H and O–H groups in total. The number of hydrogen-bond acceptors (Lipinski definition) is 6. The van der Waals surface area contributed by atoms with E-state index in [9.17, 15) is 4.79 Å². The Morgan fingerprint density at radius 3 is 2.90 bits per heavy atom. The number of pyridine rings is 1. The second-order valence-electron chi connectivity index (χ2n) is 7.21. The predicted octanol–water partition coefficient (Wildman–Crippen LogP) is 3.06. The largest absolute Gasteiger partial charge is 0.444 e. The normalized spacial score (nSPS) is 19.6. The number of rotatable bonds is 4. The molecule has 0 bridgehead atoms. The van der Waals surface area contributed by atoms with Crippen LogP contribution in [0.15, 0.2) is 42.7 Å². The van der Waals surface area contributed by atoms with Gasteiger partial charge in [0.1, 0.15) is 6.10 Å². The van der Waals surface area contributed by atoms with Gasteiger partial charge in [-0.1, -0.05) is 18.2 Å². The van der Waals surface area contributed by atoms with Gasteiger partial charge in [-0.25, -0.2) is 14.5 Å². The number of carbonyl (C=O) groups excluding carboxylic acids is 1. The van der Waals surface area contributed by atoms with Gasteiger partial charge in [0.15, 0.2) is 5.82 Å². The van der Waals surface area contributed by atoms with E-state index in [0.29, 0.717) is 11.5 Å². The highest BCUT2D eigenvalue weighted by molar-refractivity contribution is 5.94. The summed E-state index contributed by atoms with van der Waals surface area (Å²) >= 11 is 0. The maximum absolute atomic E-state index is 12.2. The molecule has 8 nitrogen and oxygen atoms in total. The van der Waals surface area contributed by atoms with Gasteiger partial charge in [0, 0.05) is 11.8 Å². The average molecular weight is 386 g/mol. The number of nitriles is 1. The van der Waals surface area contributed by atoms with E-state index in [1.807, 2.05) is 31.2 Å².